The second kappa shape index (κ2) is 5.64. The lowest BCUT2D eigenvalue weighted by molar-refractivity contribution is -0.356. The molecule has 0 bridgehead atoms. The van der Waals surface area contributed by atoms with Crippen molar-refractivity contribution in [1.82, 2.24) is 5.23 Å². The molecule has 7 heteroatoms. The summed E-state index contributed by atoms with van der Waals surface area (Å²) in [4.78, 5) is 26.7. The maximum Gasteiger partial charge on any atom is 0.344 e. The molecule has 0 saturated carbocycles. The van der Waals surface area contributed by atoms with Gasteiger partial charge in [0.05, 0.1) is 13.2 Å². The average molecular weight is 199 g/mol. The van der Waals surface area contributed by atoms with Gasteiger partial charge in [-0.05, 0) is 13.8 Å². The normalized spacial score (nSPS) is 12.4. The fourth-order valence-corrected chi connectivity index (χ4v) is 1.02. The first-order valence-corrected chi connectivity index (χ1v) is 5.37. The SMILES string of the molecule is CCON(CP(=O)(O)O)OCC. The summed E-state index contributed by atoms with van der Waals surface area (Å²) in [5.41, 5.74) is 0. The van der Waals surface area contributed by atoms with E-state index in [1.54, 1.807) is 13.8 Å². The zero-order valence-electron chi connectivity index (χ0n) is 7.13. The van der Waals surface area contributed by atoms with Crippen molar-refractivity contribution in [3.63, 3.8) is 0 Å². The molecule has 0 heterocycles. The summed E-state index contributed by atoms with van der Waals surface area (Å²) in [5.74, 6) is 0. The zero-order chi connectivity index (χ0) is 9.61. The molecule has 0 fully saturated rings. The van der Waals surface area contributed by atoms with Crippen molar-refractivity contribution in [2.75, 3.05) is 19.5 Å². The Morgan fingerprint density at radius 1 is 1.25 bits per heavy atom. The molecular formula is C5H14NO5P. The molecule has 74 valence electrons. The van der Waals surface area contributed by atoms with E-state index in [-0.39, 0.29) is 0 Å². The molecule has 0 aliphatic carbocycles. The molecule has 12 heavy (non-hydrogen) atoms. The number of nitrogens with zero attached hydrogens (tertiary/aromatic N) is 1. The van der Waals surface area contributed by atoms with Crippen LogP contribution in [-0.2, 0) is 14.2 Å². The van der Waals surface area contributed by atoms with Crippen molar-refractivity contribution in [2.45, 2.75) is 13.8 Å². The Labute approximate surface area is 71.1 Å². The van der Waals surface area contributed by atoms with Gasteiger partial charge in [0.25, 0.3) is 0 Å². The van der Waals surface area contributed by atoms with Gasteiger partial charge in [-0.15, -0.1) is 0 Å². The van der Waals surface area contributed by atoms with E-state index in [1.807, 2.05) is 0 Å². The van der Waals surface area contributed by atoms with Crippen LogP contribution < -0.4 is 0 Å². The van der Waals surface area contributed by atoms with Crippen LogP contribution in [0.15, 0.2) is 0 Å². The molecule has 0 rings (SSSR count). The van der Waals surface area contributed by atoms with E-state index in [0.29, 0.717) is 13.2 Å². The molecule has 0 saturated heterocycles. The van der Waals surface area contributed by atoms with Gasteiger partial charge in [0.2, 0.25) is 0 Å². The van der Waals surface area contributed by atoms with Crippen LogP contribution in [0.1, 0.15) is 13.8 Å². The van der Waals surface area contributed by atoms with Crippen LogP contribution in [0.25, 0.3) is 0 Å². The Balaban J connectivity index is 3.86. The number of hydrogen-bond donors (Lipinski definition) is 2. The summed E-state index contributed by atoms with van der Waals surface area (Å²) in [5, 5.41) is 0.806. The predicted octanol–water partition coefficient (Wildman–Crippen LogP) is 0.327. The maximum atomic E-state index is 10.5. The lowest BCUT2D eigenvalue weighted by Crippen LogP contribution is -2.25. The Kier molecular flexibility index (Phi) is 5.65. The number of hydrogen-bond acceptors (Lipinski definition) is 4. The first-order chi connectivity index (χ1) is 5.49. The monoisotopic (exact) mass is 199 g/mol. The summed E-state index contributed by atoms with van der Waals surface area (Å²) < 4.78 is 10.5. The number of hydroxylamine groups is 2. The van der Waals surface area contributed by atoms with Crippen molar-refractivity contribution < 1.29 is 24.0 Å². The third-order valence-electron chi connectivity index (χ3n) is 0.846. The molecule has 0 aromatic rings. The van der Waals surface area contributed by atoms with E-state index < -0.39 is 13.9 Å². The molecule has 0 unspecified atom stereocenters. The van der Waals surface area contributed by atoms with E-state index in [1.165, 1.54) is 0 Å². The van der Waals surface area contributed by atoms with Gasteiger partial charge in [0, 0.05) is 0 Å². The van der Waals surface area contributed by atoms with Crippen molar-refractivity contribution in [1.29, 1.82) is 0 Å². The molecule has 0 amide bonds. The van der Waals surface area contributed by atoms with Gasteiger partial charge in [-0.3, -0.25) is 14.2 Å². The van der Waals surface area contributed by atoms with Crippen molar-refractivity contribution >= 4 is 7.60 Å². The predicted molar refractivity (Wildman–Crippen MR) is 42.0 cm³/mol. The smallest absolute Gasteiger partial charge is 0.323 e. The second-order valence-corrected chi connectivity index (χ2v) is 3.59. The van der Waals surface area contributed by atoms with Gasteiger partial charge in [-0.2, -0.15) is 0 Å². The molecular weight excluding hydrogens is 185 g/mol. The van der Waals surface area contributed by atoms with Gasteiger partial charge < -0.3 is 9.79 Å². The van der Waals surface area contributed by atoms with Gasteiger partial charge in [-0.1, -0.05) is 5.23 Å². The summed E-state index contributed by atoms with van der Waals surface area (Å²) in [7, 11) is -4.11. The standard InChI is InChI=1S/C5H14NO5P/c1-3-10-6(11-4-2)5-12(7,8)9/h3-5H2,1-2H3,(H2,7,8,9). The topological polar surface area (TPSA) is 79.2 Å². The molecule has 0 atom stereocenters. The highest BCUT2D eigenvalue weighted by Crippen LogP contribution is 2.35. The summed E-state index contributed by atoms with van der Waals surface area (Å²) in [6, 6.07) is 0. The molecule has 6 nitrogen and oxygen atoms in total. The van der Waals surface area contributed by atoms with E-state index >= 15 is 0 Å². The van der Waals surface area contributed by atoms with Gasteiger partial charge in [0.1, 0.15) is 0 Å². The van der Waals surface area contributed by atoms with Gasteiger partial charge >= 0.3 is 7.60 Å². The van der Waals surface area contributed by atoms with Crippen LogP contribution in [0, 0.1) is 0 Å². The van der Waals surface area contributed by atoms with E-state index in [2.05, 4.69) is 0 Å². The van der Waals surface area contributed by atoms with E-state index in [0.717, 1.165) is 5.23 Å². The fraction of sp³-hybridized carbons (Fsp3) is 1.00. The van der Waals surface area contributed by atoms with Crippen molar-refractivity contribution in [3.05, 3.63) is 0 Å². The first-order valence-electron chi connectivity index (χ1n) is 3.57. The van der Waals surface area contributed by atoms with Gasteiger partial charge in [-0.25, -0.2) is 0 Å². The quantitative estimate of drug-likeness (QED) is 0.474. The van der Waals surface area contributed by atoms with Crippen LogP contribution in [0.2, 0.25) is 0 Å². The Hall–Kier alpha value is 0.0300. The molecule has 0 radical (unpaired) electrons. The minimum Gasteiger partial charge on any atom is -0.323 e. The highest BCUT2D eigenvalue weighted by atomic mass is 31.2. The van der Waals surface area contributed by atoms with E-state index in [9.17, 15) is 4.57 Å². The third kappa shape index (κ3) is 6.72. The Morgan fingerprint density at radius 2 is 1.67 bits per heavy atom. The van der Waals surface area contributed by atoms with Crippen molar-refractivity contribution in [2.24, 2.45) is 0 Å². The lowest BCUT2D eigenvalue weighted by Gasteiger charge is -2.19. The minimum atomic E-state index is -4.11. The van der Waals surface area contributed by atoms with Crippen molar-refractivity contribution in [3.8, 4) is 0 Å². The second-order valence-electron chi connectivity index (χ2n) is 1.97. The molecule has 2 N–H and O–H groups in total. The van der Waals surface area contributed by atoms with Crippen LogP contribution in [0.3, 0.4) is 0 Å². The highest BCUT2D eigenvalue weighted by molar-refractivity contribution is 7.51. The molecule has 0 spiro atoms. The van der Waals surface area contributed by atoms with Crippen LogP contribution in [0.5, 0.6) is 0 Å². The Bertz CT molecular complexity index is 152. The zero-order valence-corrected chi connectivity index (χ0v) is 8.03. The first kappa shape index (κ1) is 12.0. The summed E-state index contributed by atoms with van der Waals surface area (Å²) in [6.07, 6.45) is -0.547. The molecule has 0 aromatic carbocycles. The maximum absolute atomic E-state index is 10.5. The highest BCUT2D eigenvalue weighted by Gasteiger charge is 2.19. The molecule has 0 aliphatic heterocycles. The van der Waals surface area contributed by atoms with Crippen LogP contribution in [-0.4, -0.2) is 34.5 Å². The Morgan fingerprint density at radius 3 is 1.92 bits per heavy atom. The van der Waals surface area contributed by atoms with Crippen LogP contribution >= 0.6 is 7.60 Å². The fourth-order valence-electron chi connectivity index (χ4n) is 0.557. The summed E-state index contributed by atoms with van der Waals surface area (Å²) in [6.45, 7) is 4.01. The molecule has 0 aliphatic rings. The molecule has 0 aromatic heterocycles. The average Bonchev–Trinajstić information content (AvgIpc) is 1.84. The minimum absolute atomic E-state index is 0.306. The van der Waals surface area contributed by atoms with Crippen LogP contribution in [0.4, 0.5) is 0 Å². The third-order valence-corrected chi connectivity index (χ3v) is 1.45. The summed E-state index contributed by atoms with van der Waals surface area (Å²) >= 11 is 0. The van der Waals surface area contributed by atoms with Gasteiger partial charge in [0.15, 0.2) is 6.29 Å². The largest absolute Gasteiger partial charge is 0.344 e. The van der Waals surface area contributed by atoms with E-state index in [4.69, 9.17) is 19.5 Å². The number of rotatable bonds is 6. The lowest BCUT2D eigenvalue weighted by atomic mass is 10.9.